The highest BCUT2D eigenvalue weighted by molar-refractivity contribution is 6.08. The van der Waals surface area contributed by atoms with Crippen LogP contribution in [0.15, 0.2) is 36.4 Å². The summed E-state index contributed by atoms with van der Waals surface area (Å²) in [4.78, 5) is 26.9. The van der Waals surface area contributed by atoms with Crippen molar-refractivity contribution in [2.45, 2.75) is 32.6 Å². The van der Waals surface area contributed by atoms with Gasteiger partial charge in [0.15, 0.2) is 0 Å². The van der Waals surface area contributed by atoms with Crippen molar-refractivity contribution in [2.75, 3.05) is 16.8 Å². The molecule has 0 saturated carbocycles. The van der Waals surface area contributed by atoms with Crippen LogP contribution in [0.2, 0.25) is 0 Å². The number of hydrogen-bond acceptors (Lipinski definition) is 2. The summed E-state index contributed by atoms with van der Waals surface area (Å²) in [5, 5.41) is 3.01. The smallest absolute Gasteiger partial charge is 0.255 e. The van der Waals surface area contributed by atoms with Crippen LogP contribution < -0.4 is 10.2 Å². The molecule has 24 heavy (non-hydrogen) atoms. The van der Waals surface area contributed by atoms with Crippen LogP contribution in [0.5, 0.6) is 0 Å². The molecule has 4 heteroatoms. The molecule has 122 valence electrons. The van der Waals surface area contributed by atoms with E-state index in [9.17, 15) is 9.59 Å². The largest absolute Gasteiger partial charge is 0.322 e. The number of hydrogen-bond donors (Lipinski definition) is 1. The molecule has 2 aromatic rings. The minimum Gasteiger partial charge on any atom is -0.322 e. The molecule has 4 nitrogen and oxygen atoms in total. The van der Waals surface area contributed by atoms with E-state index in [0.29, 0.717) is 5.56 Å². The minimum atomic E-state index is -0.132. The van der Waals surface area contributed by atoms with Gasteiger partial charge in [0.05, 0.1) is 11.6 Å². The normalized spacial score (nSPS) is 18.5. The number of anilines is 2. The van der Waals surface area contributed by atoms with Gasteiger partial charge in [-0.15, -0.1) is 0 Å². The molecular formula is C20H20N2O2. The average molecular weight is 320 g/mol. The van der Waals surface area contributed by atoms with E-state index >= 15 is 0 Å². The van der Waals surface area contributed by atoms with Gasteiger partial charge in [0.2, 0.25) is 5.91 Å². The fourth-order valence-electron chi connectivity index (χ4n) is 3.79. The lowest BCUT2D eigenvalue weighted by atomic mass is 9.96. The Labute approximate surface area is 141 Å². The number of nitrogens with one attached hydrogen (secondary N) is 1. The molecule has 2 aliphatic heterocycles. The maximum absolute atomic E-state index is 12.6. The van der Waals surface area contributed by atoms with Crippen LogP contribution in [0.1, 0.15) is 46.3 Å². The second-order valence-electron chi connectivity index (χ2n) is 6.66. The summed E-state index contributed by atoms with van der Waals surface area (Å²) in [6, 6.07) is 11.5. The van der Waals surface area contributed by atoms with Gasteiger partial charge in [-0.1, -0.05) is 18.2 Å². The molecule has 0 aromatic heterocycles. The lowest BCUT2D eigenvalue weighted by Crippen LogP contribution is -2.32. The van der Waals surface area contributed by atoms with Gasteiger partial charge in [0.1, 0.15) is 0 Å². The van der Waals surface area contributed by atoms with E-state index in [1.807, 2.05) is 55.1 Å². The summed E-state index contributed by atoms with van der Waals surface area (Å²) in [5.41, 5.74) is 5.69. The van der Waals surface area contributed by atoms with Crippen LogP contribution >= 0.6 is 0 Å². The van der Waals surface area contributed by atoms with Gasteiger partial charge in [-0.05, 0) is 61.6 Å². The monoisotopic (exact) mass is 320 g/mol. The van der Waals surface area contributed by atoms with Gasteiger partial charge in [0, 0.05) is 17.8 Å². The molecule has 2 amide bonds. The van der Waals surface area contributed by atoms with Crippen LogP contribution in [0.3, 0.4) is 0 Å². The highest BCUT2D eigenvalue weighted by atomic mass is 16.2. The van der Waals surface area contributed by atoms with Gasteiger partial charge in [-0.3, -0.25) is 9.59 Å². The second-order valence-corrected chi connectivity index (χ2v) is 6.66. The predicted molar refractivity (Wildman–Crippen MR) is 94.7 cm³/mol. The molecule has 0 radical (unpaired) electrons. The summed E-state index contributed by atoms with van der Waals surface area (Å²) >= 11 is 0. The number of rotatable bonds is 2. The Bertz CT molecular complexity index is 857. The third kappa shape index (κ3) is 2.21. The first-order valence-corrected chi connectivity index (χ1v) is 8.41. The first-order chi connectivity index (χ1) is 11.6. The first-order valence-electron chi connectivity index (χ1n) is 8.41. The molecule has 0 fully saturated rings. The van der Waals surface area contributed by atoms with E-state index in [1.165, 1.54) is 0 Å². The van der Waals surface area contributed by atoms with Crippen LogP contribution in [-0.4, -0.2) is 18.4 Å². The van der Waals surface area contributed by atoms with E-state index in [1.54, 1.807) is 0 Å². The van der Waals surface area contributed by atoms with E-state index in [-0.39, 0.29) is 17.7 Å². The van der Waals surface area contributed by atoms with Crippen molar-refractivity contribution in [1.82, 2.24) is 0 Å². The Hall–Kier alpha value is -2.62. The molecule has 1 atom stereocenters. The van der Waals surface area contributed by atoms with Crippen molar-refractivity contribution < 1.29 is 9.59 Å². The average Bonchev–Trinajstić information content (AvgIpc) is 2.82. The summed E-state index contributed by atoms with van der Waals surface area (Å²) in [7, 11) is 0. The standard InChI is InChI=1S/C20H20N2O2/c1-12-6-3-4-8-16(12)19(23)21-15-10-14-7-5-9-22-18(14)17(11-15)13(2)20(22)24/h3-4,6,8,10-11,13H,5,7,9H2,1-2H3,(H,21,23). The van der Waals surface area contributed by atoms with Gasteiger partial charge < -0.3 is 10.2 Å². The third-order valence-electron chi connectivity index (χ3n) is 5.07. The number of aryl methyl sites for hydroxylation is 2. The molecule has 2 aliphatic rings. The third-order valence-corrected chi connectivity index (χ3v) is 5.07. The van der Waals surface area contributed by atoms with Gasteiger partial charge >= 0.3 is 0 Å². The molecule has 1 N–H and O–H groups in total. The topological polar surface area (TPSA) is 49.4 Å². The number of amides is 2. The van der Waals surface area contributed by atoms with Crippen molar-refractivity contribution in [3.63, 3.8) is 0 Å². The predicted octanol–water partition coefficient (Wildman–Crippen LogP) is 3.64. The van der Waals surface area contributed by atoms with Gasteiger partial charge in [0.25, 0.3) is 5.91 Å². The van der Waals surface area contributed by atoms with Gasteiger partial charge in [-0.2, -0.15) is 0 Å². The van der Waals surface area contributed by atoms with E-state index < -0.39 is 0 Å². The van der Waals surface area contributed by atoms with Crippen LogP contribution in [-0.2, 0) is 11.2 Å². The Kier molecular flexibility index (Phi) is 3.41. The highest BCUT2D eigenvalue weighted by Gasteiger charge is 2.37. The number of carbonyl (C=O) groups excluding carboxylic acids is 2. The van der Waals surface area contributed by atoms with E-state index in [2.05, 4.69) is 5.32 Å². The second kappa shape index (κ2) is 5.48. The summed E-state index contributed by atoms with van der Waals surface area (Å²) < 4.78 is 0. The maximum atomic E-state index is 12.6. The first kappa shape index (κ1) is 14.9. The van der Waals surface area contributed by atoms with Crippen molar-refractivity contribution in [3.05, 3.63) is 58.7 Å². The van der Waals surface area contributed by atoms with Crippen LogP contribution in [0.25, 0.3) is 0 Å². The Balaban J connectivity index is 1.70. The minimum absolute atomic E-state index is 0.107. The fourth-order valence-corrected chi connectivity index (χ4v) is 3.79. The lowest BCUT2D eigenvalue weighted by Gasteiger charge is -2.26. The molecule has 4 rings (SSSR count). The fraction of sp³-hybridized carbons (Fsp3) is 0.300. The maximum Gasteiger partial charge on any atom is 0.255 e. The van der Waals surface area contributed by atoms with Crippen molar-refractivity contribution >= 4 is 23.2 Å². The number of nitrogens with zero attached hydrogens (tertiary/aromatic N) is 1. The van der Waals surface area contributed by atoms with Crippen LogP contribution in [0, 0.1) is 6.92 Å². The zero-order chi connectivity index (χ0) is 16.8. The van der Waals surface area contributed by atoms with E-state index in [4.69, 9.17) is 0 Å². The molecule has 1 unspecified atom stereocenters. The zero-order valence-electron chi connectivity index (χ0n) is 13.9. The lowest BCUT2D eigenvalue weighted by molar-refractivity contribution is -0.119. The molecule has 0 aliphatic carbocycles. The summed E-state index contributed by atoms with van der Waals surface area (Å²) in [6.45, 7) is 4.68. The summed E-state index contributed by atoms with van der Waals surface area (Å²) in [6.07, 6.45) is 1.92. The molecule has 0 bridgehead atoms. The molecule has 0 saturated heterocycles. The molecular weight excluding hydrogens is 300 g/mol. The molecule has 2 aromatic carbocycles. The zero-order valence-corrected chi connectivity index (χ0v) is 13.9. The Morgan fingerprint density at radius 1 is 1.25 bits per heavy atom. The van der Waals surface area contributed by atoms with E-state index in [0.717, 1.165) is 47.5 Å². The van der Waals surface area contributed by atoms with Crippen molar-refractivity contribution in [2.24, 2.45) is 0 Å². The van der Waals surface area contributed by atoms with Crippen molar-refractivity contribution in [3.8, 4) is 0 Å². The number of benzene rings is 2. The Morgan fingerprint density at radius 3 is 2.83 bits per heavy atom. The molecule has 0 spiro atoms. The Morgan fingerprint density at radius 2 is 2.04 bits per heavy atom. The van der Waals surface area contributed by atoms with Crippen molar-refractivity contribution in [1.29, 1.82) is 0 Å². The quantitative estimate of drug-likeness (QED) is 0.918. The summed E-state index contributed by atoms with van der Waals surface area (Å²) in [5.74, 6) is -0.0645. The molecule has 2 heterocycles. The van der Waals surface area contributed by atoms with Gasteiger partial charge in [-0.25, -0.2) is 0 Å². The SMILES string of the molecule is Cc1ccccc1C(=O)Nc1cc2c3c(c1)C(C)C(=O)N3CCC2. The number of carbonyl (C=O) groups is 2. The highest BCUT2D eigenvalue weighted by Crippen LogP contribution is 2.44. The van der Waals surface area contributed by atoms with Crippen LogP contribution in [0.4, 0.5) is 11.4 Å².